The minimum atomic E-state index is -4.36. The number of hydrogen-bond donors (Lipinski definition) is 0. The zero-order valence-corrected chi connectivity index (χ0v) is 19.2. The van der Waals surface area contributed by atoms with Gasteiger partial charge in [0.15, 0.2) is 0 Å². The number of thiazole rings is 1. The summed E-state index contributed by atoms with van der Waals surface area (Å²) in [6, 6.07) is 8.88. The molecule has 1 aliphatic carbocycles. The fraction of sp³-hybridized carbons (Fsp3) is 0.200. The monoisotopic (exact) mass is 483 g/mol. The number of methoxy groups -OCH3 is 2. The smallest absolute Gasteiger partial charge is 0.416 e. The van der Waals surface area contributed by atoms with Gasteiger partial charge in [-0.3, -0.25) is 0 Å². The summed E-state index contributed by atoms with van der Waals surface area (Å²) >= 11 is 1.58. The highest BCUT2D eigenvalue weighted by Crippen LogP contribution is 2.40. The molecule has 4 aromatic rings. The molecule has 0 spiro atoms. The minimum Gasteiger partial charge on any atom is -0.497 e. The van der Waals surface area contributed by atoms with Crippen molar-refractivity contribution in [3.05, 3.63) is 71.6 Å². The fourth-order valence-electron chi connectivity index (χ4n) is 3.96. The van der Waals surface area contributed by atoms with Crippen LogP contribution in [0.5, 0.6) is 11.5 Å². The van der Waals surface area contributed by atoms with Crippen molar-refractivity contribution >= 4 is 32.8 Å². The zero-order valence-electron chi connectivity index (χ0n) is 18.4. The molecule has 0 saturated heterocycles. The Morgan fingerprint density at radius 3 is 2.44 bits per heavy atom. The highest BCUT2D eigenvalue weighted by Gasteiger charge is 2.30. The molecule has 34 heavy (non-hydrogen) atoms. The number of rotatable bonds is 5. The van der Waals surface area contributed by atoms with E-state index >= 15 is 0 Å². The lowest BCUT2D eigenvalue weighted by Crippen LogP contribution is -2.05. The van der Waals surface area contributed by atoms with Crippen LogP contribution in [0.3, 0.4) is 0 Å². The van der Waals surface area contributed by atoms with E-state index in [1.807, 2.05) is 28.9 Å². The number of ether oxygens (including phenoxy) is 2. The fourth-order valence-corrected chi connectivity index (χ4v) is 5.05. The maximum absolute atomic E-state index is 12.9. The predicted molar refractivity (Wildman–Crippen MR) is 127 cm³/mol. The van der Waals surface area contributed by atoms with E-state index < -0.39 is 11.7 Å². The van der Waals surface area contributed by atoms with Gasteiger partial charge in [-0.05, 0) is 36.6 Å². The van der Waals surface area contributed by atoms with Crippen molar-refractivity contribution in [2.45, 2.75) is 19.0 Å². The molecule has 5 rings (SSSR count). The Bertz CT molecular complexity index is 1420. The first-order valence-corrected chi connectivity index (χ1v) is 11.3. The summed E-state index contributed by atoms with van der Waals surface area (Å²) in [4.78, 5) is 9.01. The molecule has 0 unspecified atom stereocenters. The second-order valence-electron chi connectivity index (χ2n) is 7.77. The van der Waals surface area contributed by atoms with Crippen LogP contribution in [0.4, 0.5) is 13.2 Å². The Morgan fingerprint density at radius 2 is 1.79 bits per heavy atom. The topological polar surface area (TPSA) is 49.2 Å². The number of allylic oxidation sites excluding steroid dienone is 4. The maximum atomic E-state index is 12.9. The molecule has 0 fully saturated rings. The van der Waals surface area contributed by atoms with Gasteiger partial charge >= 0.3 is 6.18 Å². The van der Waals surface area contributed by atoms with Gasteiger partial charge in [-0.15, -0.1) is 11.3 Å². The number of halogens is 3. The molecule has 0 radical (unpaired) electrons. The molecule has 0 aliphatic heterocycles. The third kappa shape index (κ3) is 4.07. The first-order chi connectivity index (χ1) is 16.4. The van der Waals surface area contributed by atoms with Gasteiger partial charge in [0.2, 0.25) is 0 Å². The van der Waals surface area contributed by atoms with Crippen molar-refractivity contribution in [2.24, 2.45) is 0 Å². The highest BCUT2D eigenvalue weighted by molar-refractivity contribution is 7.20. The van der Waals surface area contributed by atoms with Gasteiger partial charge < -0.3 is 14.0 Å². The van der Waals surface area contributed by atoms with E-state index in [0.29, 0.717) is 11.3 Å². The molecule has 1 aliphatic rings. The Hall–Kier alpha value is -3.59. The lowest BCUT2D eigenvalue weighted by Gasteiger charge is -2.17. The van der Waals surface area contributed by atoms with Crippen LogP contribution in [-0.2, 0) is 6.18 Å². The molecule has 5 nitrogen and oxygen atoms in total. The average Bonchev–Trinajstić information content (AvgIpc) is 3.50. The molecule has 0 amide bonds. The number of benzene rings is 2. The Kier molecular flexibility index (Phi) is 5.65. The van der Waals surface area contributed by atoms with Crippen LogP contribution < -0.4 is 9.47 Å². The van der Waals surface area contributed by atoms with Crippen LogP contribution in [0.15, 0.2) is 61.1 Å². The first kappa shape index (κ1) is 22.2. The molecule has 0 atom stereocenters. The second kappa shape index (κ2) is 8.64. The third-order valence-electron chi connectivity index (χ3n) is 5.74. The van der Waals surface area contributed by atoms with Crippen LogP contribution >= 0.6 is 11.3 Å². The van der Waals surface area contributed by atoms with Gasteiger partial charge in [0.25, 0.3) is 0 Å². The molecule has 2 aromatic carbocycles. The van der Waals surface area contributed by atoms with Gasteiger partial charge in [-0.1, -0.05) is 18.2 Å². The predicted octanol–water partition coefficient (Wildman–Crippen LogP) is 6.91. The lowest BCUT2D eigenvalue weighted by atomic mass is 10.0. The summed E-state index contributed by atoms with van der Waals surface area (Å²) in [6.07, 6.45) is 4.56. The van der Waals surface area contributed by atoms with E-state index in [1.165, 1.54) is 12.1 Å². The number of fused-ring (bicyclic) bond motifs is 1. The van der Waals surface area contributed by atoms with E-state index in [4.69, 9.17) is 14.5 Å². The average molecular weight is 484 g/mol. The van der Waals surface area contributed by atoms with Crippen LogP contribution in [0.1, 0.15) is 23.4 Å². The zero-order chi connectivity index (χ0) is 23.9. The molecule has 0 bridgehead atoms. The van der Waals surface area contributed by atoms with E-state index in [1.54, 1.807) is 38.1 Å². The summed E-state index contributed by atoms with van der Waals surface area (Å²) in [7, 11) is 3.24. The molecule has 0 N–H and O–H groups in total. The van der Waals surface area contributed by atoms with Gasteiger partial charge in [0.05, 0.1) is 48.2 Å². The van der Waals surface area contributed by atoms with Gasteiger partial charge in [0.1, 0.15) is 16.5 Å². The van der Waals surface area contributed by atoms with E-state index in [9.17, 15) is 13.2 Å². The maximum Gasteiger partial charge on any atom is 0.416 e. The molecule has 0 saturated carbocycles. The van der Waals surface area contributed by atoms with Crippen molar-refractivity contribution < 1.29 is 22.6 Å². The van der Waals surface area contributed by atoms with Crippen LogP contribution in [0.2, 0.25) is 0 Å². The SMILES string of the molecule is COc1cc(OC)c2sc(C3=CC=C(n4cncc4-c4ccc(C(F)(F)F)cc4)CC3)nc2c1. The van der Waals surface area contributed by atoms with Gasteiger partial charge in [-0.2, -0.15) is 13.2 Å². The van der Waals surface area contributed by atoms with Crippen molar-refractivity contribution in [2.75, 3.05) is 14.2 Å². The van der Waals surface area contributed by atoms with Gasteiger partial charge in [0, 0.05) is 23.4 Å². The van der Waals surface area contributed by atoms with Crippen molar-refractivity contribution in [1.29, 1.82) is 0 Å². The quantitative estimate of drug-likeness (QED) is 0.309. The Balaban J connectivity index is 1.45. The largest absolute Gasteiger partial charge is 0.497 e. The normalized spacial score (nSPS) is 14.1. The molecule has 174 valence electrons. The highest BCUT2D eigenvalue weighted by atomic mass is 32.1. The van der Waals surface area contributed by atoms with Crippen LogP contribution in [-0.4, -0.2) is 28.8 Å². The molecule has 2 aromatic heterocycles. The van der Waals surface area contributed by atoms with Crippen molar-refractivity contribution in [1.82, 2.24) is 14.5 Å². The third-order valence-corrected chi connectivity index (χ3v) is 6.90. The Labute approximate surface area is 197 Å². The second-order valence-corrected chi connectivity index (χ2v) is 8.77. The number of aromatic nitrogens is 3. The number of alkyl halides is 3. The minimum absolute atomic E-state index is 0.670. The lowest BCUT2D eigenvalue weighted by molar-refractivity contribution is -0.137. The summed E-state index contributed by atoms with van der Waals surface area (Å²) in [5.74, 6) is 1.42. The van der Waals surface area contributed by atoms with E-state index in [0.717, 1.165) is 62.9 Å². The summed E-state index contributed by atoms with van der Waals surface area (Å²) in [5.41, 5.74) is 3.70. The summed E-state index contributed by atoms with van der Waals surface area (Å²) in [5, 5.41) is 0.922. The van der Waals surface area contributed by atoms with E-state index in [-0.39, 0.29) is 0 Å². The van der Waals surface area contributed by atoms with Crippen molar-refractivity contribution in [3.63, 3.8) is 0 Å². The molecular formula is C25H20F3N3O2S. The summed E-state index contributed by atoms with van der Waals surface area (Å²) in [6.45, 7) is 0. The van der Waals surface area contributed by atoms with Gasteiger partial charge in [-0.25, -0.2) is 9.97 Å². The molecular weight excluding hydrogens is 463 g/mol. The van der Waals surface area contributed by atoms with Crippen molar-refractivity contribution in [3.8, 4) is 22.8 Å². The number of imidazole rings is 1. The molecule has 2 heterocycles. The van der Waals surface area contributed by atoms with Crippen LogP contribution in [0.25, 0.3) is 32.7 Å². The first-order valence-electron chi connectivity index (χ1n) is 10.5. The standard InChI is InChI=1S/C25H20F3N3O2S/c1-32-19-11-20-23(22(12-19)33-2)34-24(30-20)16-5-9-18(10-6-16)31-14-29-13-21(31)15-3-7-17(8-4-15)25(26,27)28/h3-5,7-9,11-14H,6,10H2,1-2H3. The summed E-state index contributed by atoms with van der Waals surface area (Å²) < 4.78 is 52.4. The van der Waals surface area contributed by atoms with E-state index in [2.05, 4.69) is 4.98 Å². The number of nitrogens with zero attached hydrogens (tertiary/aromatic N) is 3. The number of hydrogen-bond acceptors (Lipinski definition) is 5. The molecule has 9 heteroatoms. The Morgan fingerprint density at radius 1 is 1.00 bits per heavy atom. The van der Waals surface area contributed by atoms with Crippen LogP contribution in [0, 0.1) is 0 Å².